The van der Waals surface area contributed by atoms with Crippen LogP contribution in [0.1, 0.15) is 6.92 Å². The molecule has 0 unspecified atom stereocenters. The van der Waals surface area contributed by atoms with Gasteiger partial charge in [-0.15, -0.1) is 6.58 Å². The van der Waals surface area contributed by atoms with Gasteiger partial charge in [-0.2, -0.15) is 0 Å². The van der Waals surface area contributed by atoms with Gasteiger partial charge in [0, 0.05) is 6.92 Å². The van der Waals surface area contributed by atoms with E-state index in [1.165, 1.54) is 6.08 Å². The van der Waals surface area contributed by atoms with E-state index >= 15 is 0 Å². The van der Waals surface area contributed by atoms with Crippen molar-refractivity contribution in [3.63, 3.8) is 0 Å². The van der Waals surface area contributed by atoms with Crippen molar-refractivity contribution in [2.45, 2.75) is 12.8 Å². The van der Waals surface area contributed by atoms with Gasteiger partial charge in [-0.25, -0.2) is 8.78 Å². The fourth-order valence-corrected chi connectivity index (χ4v) is 0.321. The van der Waals surface area contributed by atoms with Crippen LogP contribution in [-0.4, -0.2) is 19.1 Å². The highest BCUT2D eigenvalue weighted by atomic mass is 19.3. The van der Waals surface area contributed by atoms with Crippen LogP contribution in [0.4, 0.5) is 8.78 Å². The van der Waals surface area contributed by atoms with Crippen molar-refractivity contribution in [1.29, 1.82) is 0 Å². The summed E-state index contributed by atoms with van der Waals surface area (Å²) < 4.78 is 28.3. The average molecular weight is 136 g/mol. The maximum absolute atomic E-state index is 11.9. The van der Waals surface area contributed by atoms with E-state index in [1.807, 2.05) is 0 Å². The Morgan fingerprint density at radius 3 is 2.56 bits per heavy atom. The molecule has 0 saturated heterocycles. The van der Waals surface area contributed by atoms with Gasteiger partial charge in [-0.05, 0) is 0 Å². The molecule has 0 aromatic rings. The number of hydrogen-bond acceptors (Lipinski definition) is 1. The molecule has 0 atom stereocenters. The number of rotatable bonds is 4. The fraction of sp³-hybridized carbons (Fsp3) is 0.667. The van der Waals surface area contributed by atoms with Gasteiger partial charge in [0.2, 0.25) is 0 Å². The van der Waals surface area contributed by atoms with E-state index in [0.29, 0.717) is 0 Å². The first-order chi connectivity index (χ1) is 4.06. The lowest BCUT2D eigenvalue weighted by atomic mass is 10.4. The van der Waals surface area contributed by atoms with E-state index in [4.69, 9.17) is 0 Å². The summed E-state index contributed by atoms with van der Waals surface area (Å²) in [6.45, 7) is 3.78. The molecule has 0 amide bonds. The number of hydrogen-bond donors (Lipinski definition) is 0. The smallest absolute Gasteiger partial charge is 0.268 e. The molecule has 9 heavy (non-hydrogen) atoms. The van der Waals surface area contributed by atoms with Crippen LogP contribution in [0.25, 0.3) is 0 Å². The summed E-state index contributed by atoms with van der Waals surface area (Å²) >= 11 is 0. The molecule has 0 fully saturated rings. The fourth-order valence-electron chi connectivity index (χ4n) is 0.321. The molecule has 0 heterocycles. The van der Waals surface area contributed by atoms with Gasteiger partial charge in [0.05, 0.1) is 6.61 Å². The average Bonchev–Trinajstić information content (AvgIpc) is 1.63. The number of halogens is 2. The number of ether oxygens (including phenoxy) is 1. The monoisotopic (exact) mass is 136 g/mol. The summed E-state index contributed by atoms with van der Waals surface area (Å²) in [7, 11) is 0. The van der Waals surface area contributed by atoms with E-state index in [9.17, 15) is 8.78 Å². The Kier molecular flexibility index (Phi) is 3.39. The summed E-state index contributed by atoms with van der Waals surface area (Å²) in [6.07, 6.45) is 1.44. The van der Waals surface area contributed by atoms with Gasteiger partial charge < -0.3 is 4.74 Å². The summed E-state index contributed by atoms with van der Waals surface area (Å²) in [5, 5.41) is 0. The van der Waals surface area contributed by atoms with Crippen LogP contribution >= 0.6 is 0 Å². The minimum atomic E-state index is -2.72. The largest absolute Gasteiger partial charge is 0.371 e. The van der Waals surface area contributed by atoms with Crippen molar-refractivity contribution in [2.24, 2.45) is 0 Å². The highest BCUT2D eigenvalue weighted by molar-refractivity contribution is 4.65. The van der Waals surface area contributed by atoms with Gasteiger partial charge in [0.1, 0.15) is 6.61 Å². The third-order valence-electron chi connectivity index (χ3n) is 0.591. The van der Waals surface area contributed by atoms with Crippen LogP contribution in [-0.2, 0) is 4.74 Å². The van der Waals surface area contributed by atoms with E-state index in [0.717, 1.165) is 6.92 Å². The molecule has 0 rings (SSSR count). The van der Waals surface area contributed by atoms with Gasteiger partial charge in [-0.1, -0.05) is 6.08 Å². The zero-order chi connectivity index (χ0) is 7.33. The minimum absolute atomic E-state index is 0.184. The predicted octanol–water partition coefficient (Wildman–Crippen LogP) is 1.84. The molecule has 54 valence electrons. The molecule has 0 bridgehead atoms. The Morgan fingerprint density at radius 1 is 1.67 bits per heavy atom. The molecule has 0 aliphatic heterocycles. The normalized spacial score (nSPS) is 11.4. The van der Waals surface area contributed by atoms with Crippen LogP contribution in [0.5, 0.6) is 0 Å². The molecule has 0 aromatic carbocycles. The van der Waals surface area contributed by atoms with Crippen molar-refractivity contribution in [3.8, 4) is 0 Å². The topological polar surface area (TPSA) is 9.23 Å². The summed E-state index contributed by atoms with van der Waals surface area (Å²) in [4.78, 5) is 0. The van der Waals surface area contributed by atoms with Gasteiger partial charge in [0.25, 0.3) is 5.92 Å². The SMILES string of the molecule is C=CCOCC(C)(F)F. The van der Waals surface area contributed by atoms with Crippen molar-refractivity contribution >= 4 is 0 Å². The second kappa shape index (κ2) is 3.56. The van der Waals surface area contributed by atoms with Crippen molar-refractivity contribution in [1.82, 2.24) is 0 Å². The van der Waals surface area contributed by atoms with E-state index in [2.05, 4.69) is 11.3 Å². The lowest BCUT2D eigenvalue weighted by Crippen LogP contribution is -2.18. The molecule has 3 heteroatoms. The Labute approximate surface area is 53.3 Å². The van der Waals surface area contributed by atoms with Crippen LogP contribution in [0, 0.1) is 0 Å². The highest BCUT2D eigenvalue weighted by Crippen LogP contribution is 2.10. The van der Waals surface area contributed by atoms with E-state index < -0.39 is 12.5 Å². The first-order valence-corrected chi connectivity index (χ1v) is 2.63. The summed E-state index contributed by atoms with van der Waals surface area (Å²) in [6, 6.07) is 0. The molecule has 0 radical (unpaired) electrons. The van der Waals surface area contributed by atoms with E-state index in [-0.39, 0.29) is 6.61 Å². The summed E-state index contributed by atoms with van der Waals surface area (Å²) in [5.74, 6) is -2.72. The molecule has 0 aliphatic carbocycles. The molecule has 0 N–H and O–H groups in total. The quantitative estimate of drug-likeness (QED) is 0.423. The van der Waals surface area contributed by atoms with Crippen molar-refractivity contribution < 1.29 is 13.5 Å². The standard InChI is InChI=1S/C6H10F2O/c1-3-4-9-5-6(2,7)8/h3H,1,4-5H2,2H3. The van der Waals surface area contributed by atoms with Crippen LogP contribution < -0.4 is 0 Å². The molecule has 0 aliphatic rings. The molecule has 0 aromatic heterocycles. The van der Waals surface area contributed by atoms with Crippen LogP contribution in [0.15, 0.2) is 12.7 Å². The highest BCUT2D eigenvalue weighted by Gasteiger charge is 2.20. The molecule has 0 saturated carbocycles. The van der Waals surface area contributed by atoms with Gasteiger partial charge in [-0.3, -0.25) is 0 Å². The predicted molar refractivity (Wildman–Crippen MR) is 31.6 cm³/mol. The zero-order valence-corrected chi connectivity index (χ0v) is 5.36. The molecular weight excluding hydrogens is 126 g/mol. The Hall–Kier alpha value is -0.440. The first-order valence-electron chi connectivity index (χ1n) is 2.63. The number of alkyl halides is 2. The maximum atomic E-state index is 11.9. The second-order valence-electron chi connectivity index (χ2n) is 1.87. The van der Waals surface area contributed by atoms with Crippen molar-refractivity contribution in [2.75, 3.05) is 13.2 Å². The van der Waals surface area contributed by atoms with Crippen LogP contribution in [0.3, 0.4) is 0 Å². The Balaban J connectivity index is 3.17. The van der Waals surface area contributed by atoms with Crippen LogP contribution in [0.2, 0.25) is 0 Å². The lowest BCUT2D eigenvalue weighted by molar-refractivity contribution is -0.0560. The van der Waals surface area contributed by atoms with Crippen molar-refractivity contribution in [3.05, 3.63) is 12.7 Å². The second-order valence-corrected chi connectivity index (χ2v) is 1.87. The molecule has 1 nitrogen and oxygen atoms in total. The Bertz CT molecular complexity index is 85.5. The maximum Gasteiger partial charge on any atom is 0.268 e. The minimum Gasteiger partial charge on any atom is -0.371 e. The zero-order valence-electron chi connectivity index (χ0n) is 5.36. The van der Waals surface area contributed by atoms with Gasteiger partial charge >= 0.3 is 0 Å². The van der Waals surface area contributed by atoms with Gasteiger partial charge in [0.15, 0.2) is 0 Å². The third-order valence-corrected chi connectivity index (χ3v) is 0.591. The lowest BCUT2D eigenvalue weighted by Gasteiger charge is -2.08. The molecular formula is C6H10F2O. The Morgan fingerprint density at radius 2 is 2.22 bits per heavy atom. The summed E-state index contributed by atoms with van der Waals surface area (Å²) in [5.41, 5.74) is 0. The third kappa shape index (κ3) is 7.56. The van der Waals surface area contributed by atoms with E-state index in [1.54, 1.807) is 0 Å². The molecule has 0 spiro atoms. The first kappa shape index (κ1) is 8.56.